The summed E-state index contributed by atoms with van der Waals surface area (Å²) in [7, 11) is 0. The molecule has 3 aromatic rings. The van der Waals surface area contributed by atoms with E-state index in [1.54, 1.807) is 48.7 Å². The molecule has 1 aliphatic heterocycles. The quantitative estimate of drug-likeness (QED) is 0.522. The van der Waals surface area contributed by atoms with Crippen LogP contribution in [0.4, 0.5) is 18.9 Å². The molecular weight excluding hydrogens is 433 g/mol. The molecule has 0 unspecified atom stereocenters. The summed E-state index contributed by atoms with van der Waals surface area (Å²) < 4.78 is 44.4. The third kappa shape index (κ3) is 5.97. The minimum absolute atomic E-state index is 0.0615. The summed E-state index contributed by atoms with van der Waals surface area (Å²) in [5.74, 6) is 1.31. The van der Waals surface area contributed by atoms with Crippen LogP contribution in [0.15, 0.2) is 77.9 Å². The molecule has 2 aromatic carbocycles. The Morgan fingerprint density at radius 2 is 1.88 bits per heavy atom. The predicted molar refractivity (Wildman–Crippen MR) is 119 cm³/mol. The number of hydrogen-bond acceptors (Lipinski definition) is 5. The summed E-state index contributed by atoms with van der Waals surface area (Å²) in [4.78, 5) is 20.8. The van der Waals surface area contributed by atoms with Gasteiger partial charge in [-0.15, -0.1) is 0 Å². The normalized spacial score (nSPS) is 13.5. The first-order chi connectivity index (χ1) is 15.9. The van der Waals surface area contributed by atoms with Crippen LogP contribution < -0.4 is 15.4 Å². The van der Waals surface area contributed by atoms with Crippen molar-refractivity contribution in [2.45, 2.75) is 6.18 Å². The zero-order valence-electron chi connectivity index (χ0n) is 17.3. The van der Waals surface area contributed by atoms with Gasteiger partial charge in [0.15, 0.2) is 0 Å². The fraction of sp³-hybridized carbons (Fsp3) is 0.125. The number of nitrogens with one attached hydrogen (secondary N) is 2. The maximum Gasteiger partial charge on any atom is 0.416 e. The molecule has 0 saturated heterocycles. The predicted octanol–water partition coefficient (Wildman–Crippen LogP) is 4.89. The van der Waals surface area contributed by atoms with Crippen molar-refractivity contribution >= 4 is 23.5 Å². The van der Waals surface area contributed by atoms with E-state index in [0.717, 1.165) is 24.5 Å². The van der Waals surface area contributed by atoms with Gasteiger partial charge in [-0.25, -0.2) is 0 Å². The highest BCUT2D eigenvalue weighted by molar-refractivity contribution is 6.02. The van der Waals surface area contributed by atoms with Gasteiger partial charge < -0.3 is 15.4 Å². The first-order valence-electron chi connectivity index (χ1n) is 10.1. The standard InChI is InChI=1S/C24H19F3N4O2/c25-24(26,27)17-4-2-5-18(14-17)31-22(32)8-7-16-3-1-6-19(13-16)33-20-9-10-28-21(15-20)23-29-11-12-30-23/h1-10,13-15H,11-12H2,(H,29,30)(H,31,32). The first-order valence-corrected chi connectivity index (χ1v) is 10.1. The Hall–Kier alpha value is -4.14. The fourth-order valence-corrected chi connectivity index (χ4v) is 3.12. The molecule has 6 nitrogen and oxygen atoms in total. The number of benzene rings is 2. The number of carbonyl (C=O) groups excluding carboxylic acids is 1. The maximum absolute atomic E-state index is 12.8. The van der Waals surface area contributed by atoms with Crippen LogP contribution in [0.25, 0.3) is 6.08 Å². The molecule has 1 aliphatic rings. The van der Waals surface area contributed by atoms with E-state index in [-0.39, 0.29) is 5.69 Å². The lowest BCUT2D eigenvalue weighted by Gasteiger charge is -2.09. The van der Waals surface area contributed by atoms with Crippen molar-refractivity contribution in [1.82, 2.24) is 10.3 Å². The van der Waals surface area contributed by atoms with Crippen LogP contribution in [0.1, 0.15) is 16.8 Å². The van der Waals surface area contributed by atoms with Gasteiger partial charge in [0, 0.05) is 30.6 Å². The molecule has 2 N–H and O–H groups in total. The van der Waals surface area contributed by atoms with Crippen molar-refractivity contribution in [3.63, 3.8) is 0 Å². The number of alkyl halides is 3. The Kier molecular flexibility index (Phi) is 6.39. The number of anilines is 1. The van der Waals surface area contributed by atoms with Gasteiger partial charge in [-0.1, -0.05) is 18.2 Å². The van der Waals surface area contributed by atoms with Crippen molar-refractivity contribution in [3.8, 4) is 11.5 Å². The number of aliphatic imine (C=N–C) groups is 1. The summed E-state index contributed by atoms with van der Waals surface area (Å²) in [6.45, 7) is 1.48. The SMILES string of the molecule is O=C(C=Cc1cccc(Oc2ccnc(C3=NCCN3)c2)c1)Nc1cccc(C(F)(F)F)c1. The highest BCUT2D eigenvalue weighted by atomic mass is 19.4. The lowest BCUT2D eigenvalue weighted by atomic mass is 10.2. The molecule has 33 heavy (non-hydrogen) atoms. The smallest absolute Gasteiger partial charge is 0.416 e. The Labute approximate surface area is 187 Å². The van der Waals surface area contributed by atoms with Crippen molar-refractivity contribution in [2.75, 3.05) is 18.4 Å². The Bertz CT molecular complexity index is 1220. The Morgan fingerprint density at radius 1 is 1.06 bits per heavy atom. The highest BCUT2D eigenvalue weighted by Crippen LogP contribution is 2.30. The number of ether oxygens (including phenoxy) is 1. The molecule has 0 spiro atoms. The van der Waals surface area contributed by atoms with Crippen molar-refractivity contribution in [1.29, 1.82) is 0 Å². The number of amides is 1. The van der Waals surface area contributed by atoms with Gasteiger partial charge in [0.2, 0.25) is 5.91 Å². The number of rotatable bonds is 6. The molecule has 1 amide bonds. The summed E-state index contributed by atoms with van der Waals surface area (Å²) in [6.07, 6.45) is -0.0541. The highest BCUT2D eigenvalue weighted by Gasteiger charge is 2.30. The zero-order chi connectivity index (χ0) is 23.3. The molecule has 0 radical (unpaired) electrons. The van der Waals surface area contributed by atoms with E-state index in [0.29, 0.717) is 29.3 Å². The zero-order valence-corrected chi connectivity index (χ0v) is 17.3. The number of hydrogen-bond donors (Lipinski definition) is 2. The second kappa shape index (κ2) is 9.56. The van der Waals surface area contributed by atoms with E-state index in [1.807, 2.05) is 0 Å². The number of nitrogens with zero attached hydrogens (tertiary/aromatic N) is 2. The lowest BCUT2D eigenvalue weighted by molar-refractivity contribution is -0.137. The lowest BCUT2D eigenvalue weighted by Crippen LogP contribution is -2.20. The van der Waals surface area contributed by atoms with Crippen molar-refractivity contribution < 1.29 is 22.7 Å². The molecule has 9 heteroatoms. The average Bonchev–Trinajstić information content (AvgIpc) is 3.33. The monoisotopic (exact) mass is 452 g/mol. The summed E-state index contributed by atoms with van der Waals surface area (Å²) in [5.41, 5.74) is 0.603. The van der Waals surface area contributed by atoms with E-state index in [4.69, 9.17) is 4.74 Å². The Morgan fingerprint density at radius 3 is 2.67 bits per heavy atom. The van der Waals surface area contributed by atoms with Crippen molar-refractivity contribution in [2.24, 2.45) is 4.99 Å². The number of halogens is 3. The topological polar surface area (TPSA) is 75.6 Å². The minimum atomic E-state index is -4.48. The summed E-state index contributed by atoms with van der Waals surface area (Å²) in [5, 5.41) is 5.59. The molecule has 1 aromatic heterocycles. The van der Waals surface area contributed by atoms with Gasteiger partial charge in [0.25, 0.3) is 0 Å². The molecular formula is C24H19F3N4O2. The third-order valence-corrected chi connectivity index (χ3v) is 4.63. The van der Waals surface area contributed by atoms with E-state index < -0.39 is 17.6 Å². The van der Waals surface area contributed by atoms with E-state index >= 15 is 0 Å². The van der Waals surface area contributed by atoms with E-state index in [2.05, 4.69) is 20.6 Å². The number of carbonyl (C=O) groups is 1. The van der Waals surface area contributed by atoms with Gasteiger partial charge in [-0.05, 0) is 48.0 Å². The Balaban J connectivity index is 1.41. The van der Waals surface area contributed by atoms with E-state index in [1.165, 1.54) is 18.2 Å². The van der Waals surface area contributed by atoms with Gasteiger partial charge in [-0.3, -0.25) is 14.8 Å². The van der Waals surface area contributed by atoms with Gasteiger partial charge in [-0.2, -0.15) is 13.2 Å². The van der Waals surface area contributed by atoms with Gasteiger partial charge >= 0.3 is 6.18 Å². The first kappa shape index (κ1) is 22.1. The molecule has 0 aliphatic carbocycles. The van der Waals surface area contributed by atoms with Crippen LogP contribution in [-0.4, -0.2) is 29.8 Å². The maximum atomic E-state index is 12.8. The third-order valence-electron chi connectivity index (χ3n) is 4.63. The molecule has 0 bridgehead atoms. The molecule has 168 valence electrons. The number of aromatic nitrogens is 1. The van der Waals surface area contributed by atoms with Crippen LogP contribution in [0.3, 0.4) is 0 Å². The molecule has 0 fully saturated rings. The minimum Gasteiger partial charge on any atom is -0.457 e. The largest absolute Gasteiger partial charge is 0.457 e. The molecule has 0 atom stereocenters. The number of amidine groups is 1. The second-order valence-electron chi connectivity index (χ2n) is 7.11. The van der Waals surface area contributed by atoms with Crippen LogP contribution in [0.2, 0.25) is 0 Å². The molecule has 2 heterocycles. The average molecular weight is 452 g/mol. The second-order valence-corrected chi connectivity index (χ2v) is 7.11. The summed E-state index contributed by atoms with van der Waals surface area (Å²) in [6, 6.07) is 15.0. The van der Waals surface area contributed by atoms with Crippen molar-refractivity contribution in [3.05, 3.63) is 89.8 Å². The molecule has 4 rings (SSSR count). The van der Waals surface area contributed by atoms with Crippen LogP contribution in [0.5, 0.6) is 11.5 Å². The van der Waals surface area contributed by atoms with Crippen LogP contribution >= 0.6 is 0 Å². The van der Waals surface area contributed by atoms with Gasteiger partial charge in [0.1, 0.15) is 23.0 Å². The number of pyridine rings is 1. The van der Waals surface area contributed by atoms with Gasteiger partial charge in [0.05, 0.1) is 12.1 Å². The van der Waals surface area contributed by atoms with Crippen LogP contribution in [-0.2, 0) is 11.0 Å². The molecule has 0 saturated carbocycles. The van der Waals surface area contributed by atoms with E-state index in [9.17, 15) is 18.0 Å². The fourth-order valence-electron chi connectivity index (χ4n) is 3.12. The summed E-state index contributed by atoms with van der Waals surface area (Å²) >= 11 is 0. The van der Waals surface area contributed by atoms with Crippen LogP contribution in [0, 0.1) is 0 Å².